The number of nitrogens with zero attached hydrogens (tertiary/aromatic N) is 2. The van der Waals surface area contributed by atoms with Crippen molar-refractivity contribution in [2.75, 3.05) is 19.6 Å². The molecule has 3 aromatic rings. The van der Waals surface area contributed by atoms with Crippen molar-refractivity contribution in [3.63, 3.8) is 0 Å². The second-order valence-corrected chi connectivity index (χ2v) is 9.94. The summed E-state index contributed by atoms with van der Waals surface area (Å²) < 4.78 is 27.7. The quantitative estimate of drug-likeness (QED) is 0.672. The molecule has 1 aromatic heterocycles. The van der Waals surface area contributed by atoms with E-state index in [0.717, 1.165) is 23.4 Å². The topological polar surface area (TPSA) is 79.4 Å². The summed E-state index contributed by atoms with van der Waals surface area (Å²) in [5, 5.41) is 1.15. The Morgan fingerprint density at radius 2 is 1.83 bits per heavy atom. The van der Waals surface area contributed by atoms with Gasteiger partial charge in [0, 0.05) is 31.1 Å². The maximum absolute atomic E-state index is 12.8. The molecule has 0 spiro atoms. The molecule has 0 bridgehead atoms. The summed E-state index contributed by atoms with van der Waals surface area (Å²) in [6.45, 7) is 3.41. The smallest absolute Gasteiger partial charge is 0.253 e. The number of piperidine rings is 1. The van der Waals surface area contributed by atoms with Gasteiger partial charge in [0.2, 0.25) is 10.0 Å². The maximum atomic E-state index is 12.8. The molecule has 2 heterocycles. The van der Waals surface area contributed by atoms with Gasteiger partial charge in [0.05, 0.1) is 20.1 Å². The summed E-state index contributed by atoms with van der Waals surface area (Å²) in [4.78, 5) is 19.6. The lowest BCUT2D eigenvalue weighted by atomic mass is 9.97. The average Bonchev–Trinajstić information content (AvgIpc) is 3.18. The number of thiazole rings is 1. The van der Waals surface area contributed by atoms with E-state index in [-0.39, 0.29) is 10.8 Å². The summed E-state index contributed by atoms with van der Waals surface area (Å²) >= 11 is 1.74. The second-order valence-electron chi connectivity index (χ2n) is 7.11. The summed E-state index contributed by atoms with van der Waals surface area (Å²) in [5.41, 5.74) is 1.55. The largest absolute Gasteiger partial charge is 0.339 e. The van der Waals surface area contributed by atoms with E-state index in [1.165, 1.54) is 16.8 Å². The summed E-state index contributed by atoms with van der Waals surface area (Å²) in [6.07, 6.45) is 1.77. The number of nitrogens with one attached hydrogen (secondary N) is 1. The fourth-order valence-electron chi connectivity index (χ4n) is 3.63. The van der Waals surface area contributed by atoms with Gasteiger partial charge < -0.3 is 4.90 Å². The minimum Gasteiger partial charge on any atom is -0.339 e. The molecule has 0 aliphatic carbocycles. The van der Waals surface area contributed by atoms with E-state index in [0.29, 0.717) is 31.1 Å². The van der Waals surface area contributed by atoms with Crippen LogP contribution in [-0.4, -0.2) is 43.8 Å². The van der Waals surface area contributed by atoms with Gasteiger partial charge in [0.15, 0.2) is 0 Å². The number of carbonyl (C=O) groups excluding carboxylic acids is 1. The van der Waals surface area contributed by atoms with E-state index >= 15 is 0 Å². The Bertz CT molecular complexity index is 1080. The Balaban J connectivity index is 1.41. The second kappa shape index (κ2) is 8.22. The Morgan fingerprint density at radius 3 is 2.48 bits per heavy atom. The number of rotatable bonds is 5. The zero-order valence-electron chi connectivity index (χ0n) is 16.2. The van der Waals surface area contributed by atoms with Gasteiger partial charge in [-0.25, -0.2) is 18.1 Å². The summed E-state index contributed by atoms with van der Waals surface area (Å²) in [5.74, 6) is 0.323. The first-order valence-electron chi connectivity index (χ1n) is 9.72. The van der Waals surface area contributed by atoms with Gasteiger partial charge in [0.25, 0.3) is 5.91 Å². The molecule has 0 saturated carbocycles. The molecule has 152 valence electrons. The molecule has 2 aromatic carbocycles. The molecule has 1 N–H and O–H groups in total. The predicted molar refractivity (Wildman–Crippen MR) is 115 cm³/mol. The number of carbonyl (C=O) groups is 1. The van der Waals surface area contributed by atoms with E-state index < -0.39 is 10.0 Å². The zero-order chi connectivity index (χ0) is 20.4. The summed E-state index contributed by atoms with van der Waals surface area (Å²) in [6, 6.07) is 14.3. The summed E-state index contributed by atoms with van der Waals surface area (Å²) in [7, 11) is -3.51. The highest BCUT2D eigenvalue weighted by atomic mass is 32.2. The van der Waals surface area contributed by atoms with Gasteiger partial charge in [-0.1, -0.05) is 19.1 Å². The van der Waals surface area contributed by atoms with Gasteiger partial charge in [-0.05, 0) is 49.2 Å². The van der Waals surface area contributed by atoms with Crippen LogP contribution in [0.1, 0.15) is 41.0 Å². The van der Waals surface area contributed by atoms with Gasteiger partial charge in [-0.2, -0.15) is 0 Å². The number of amides is 1. The lowest BCUT2D eigenvalue weighted by Gasteiger charge is -2.31. The number of likely N-dealkylation sites (tertiary alicyclic amines) is 1. The van der Waals surface area contributed by atoms with Crippen molar-refractivity contribution < 1.29 is 13.2 Å². The van der Waals surface area contributed by atoms with E-state index in [4.69, 9.17) is 4.98 Å². The molecule has 29 heavy (non-hydrogen) atoms. The molecule has 1 fully saturated rings. The molecule has 0 radical (unpaired) electrons. The Hall–Kier alpha value is -2.29. The van der Waals surface area contributed by atoms with Crippen LogP contribution in [0.15, 0.2) is 53.4 Å². The van der Waals surface area contributed by atoms with Crippen LogP contribution < -0.4 is 4.72 Å². The van der Waals surface area contributed by atoms with Crippen molar-refractivity contribution in [1.29, 1.82) is 0 Å². The highest BCUT2D eigenvalue weighted by Gasteiger charge is 2.26. The van der Waals surface area contributed by atoms with E-state index in [1.54, 1.807) is 30.4 Å². The minimum absolute atomic E-state index is 0.0554. The van der Waals surface area contributed by atoms with Gasteiger partial charge in [-0.15, -0.1) is 11.3 Å². The van der Waals surface area contributed by atoms with Crippen LogP contribution in [0.25, 0.3) is 10.2 Å². The van der Waals surface area contributed by atoms with Crippen LogP contribution in [0.4, 0.5) is 0 Å². The first-order chi connectivity index (χ1) is 14.0. The molecule has 4 rings (SSSR count). The number of hydrogen-bond donors (Lipinski definition) is 1. The SMILES string of the molecule is CCNS(=O)(=O)c1ccc(C(=O)N2CCC(c3nc4ccccc4s3)CC2)cc1. The molecule has 0 atom stereocenters. The Kier molecular flexibility index (Phi) is 5.67. The van der Waals surface area contributed by atoms with Crippen LogP contribution in [-0.2, 0) is 10.0 Å². The van der Waals surface area contributed by atoms with Crippen LogP contribution in [0.5, 0.6) is 0 Å². The fourth-order valence-corrected chi connectivity index (χ4v) is 5.80. The molecule has 8 heteroatoms. The molecule has 1 aliphatic rings. The Labute approximate surface area is 174 Å². The van der Waals surface area contributed by atoms with Crippen molar-refractivity contribution in [3.05, 3.63) is 59.1 Å². The van der Waals surface area contributed by atoms with Crippen LogP contribution >= 0.6 is 11.3 Å². The molecular formula is C21H23N3O3S2. The van der Waals surface area contributed by atoms with E-state index in [9.17, 15) is 13.2 Å². The highest BCUT2D eigenvalue weighted by Crippen LogP contribution is 2.34. The normalized spacial score (nSPS) is 15.7. The van der Waals surface area contributed by atoms with E-state index in [2.05, 4.69) is 10.8 Å². The van der Waals surface area contributed by atoms with E-state index in [1.807, 2.05) is 23.1 Å². The van der Waals surface area contributed by atoms with Crippen LogP contribution in [0.3, 0.4) is 0 Å². The molecule has 1 amide bonds. The Morgan fingerprint density at radius 1 is 1.14 bits per heavy atom. The zero-order valence-corrected chi connectivity index (χ0v) is 17.8. The standard InChI is InChI=1S/C21H23N3O3S2/c1-2-22-29(26,27)17-9-7-16(8-10-17)21(25)24-13-11-15(12-14-24)20-23-18-5-3-4-6-19(18)28-20/h3-10,15,22H,2,11-14H2,1H3. The fraction of sp³-hybridized carbons (Fsp3) is 0.333. The number of para-hydroxylation sites is 1. The van der Waals surface area contributed by atoms with Gasteiger partial charge in [-0.3, -0.25) is 4.79 Å². The lowest BCUT2D eigenvalue weighted by Crippen LogP contribution is -2.37. The first-order valence-corrected chi connectivity index (χ1v) is 12.0. The number of hydrogen-bond acceptors (Lipinski definition) is 5. The lowest BCUT2D eigenvalue weighted by molar-refractivity contribution is 0.0713. The van der Waals surface area contributed by atoms with Crippen molar-refractivity contribution in [3.8, 4) is 0 Å². The third kappa shape index (κ3) is 4.19. The van der Waals surface area contributed by atoms with Crippen LogP contribution in [0, 0.1) is 0 Å². The van der Waals surface area contributed by atoms with Crippen molar-refractivity contribution in [2.45, 2.75) is 30.6 Å². The molecular weight excluding hydrogens is 406 g/mol. The van der Waals surface area contributed by atoms with Gasteiger partial charge >= 0.3 is 0 Å². The highest BCUT2D eigenvalue weighted by molar-refractivity contribution is 7.89. The van der Waals surface area contributed by atoms with Gasteiger partial charge in [0.1, 0.15) is 0 Å². The molecule has 0 unspecified atom stereocenters. The van der Waals surface area contributed by atoms with Crippen molar-refractivity contribution in [1.82, 2.24) is 14.6 Å². The third-order valence-electron chi connectivity index (χ3n) is 5.19. The number of benzene rings is 2. The number of aromatic nitrogens is 1. The van der Waals surface area contributed by atoms with Crippen molar-refractivity contribution >= 4 is 37.5 Å². The average molecular weight is 430 g/mol. The maximum Gasteiger partial charge on any atom is 0.253 e. The first kappa shape index (κ1) is 20.0. The van der Waals surface area contributed by atoms with Crippen molar-refractivity contribution in [2.24, 2.45) is 0 Å². The predicted octanol–water partition coefficient (Wildman–Crippen LogP) is 3.61. The molecule has 1 saturated heterocycles. The monoisotopic (exact) mass is 429 g/mol. The van der Waals surface area contributed by atoms with Crippen LogP contribution in [0.2, 0.25) is 0 Å². The number of fused-ring (bicyclic) bond motifs is 1. The number of sulfonamides is 1. The third-order valence-corrected chi connectivity index (χ3v) is 7.95. The molecule has 1 aliphatic heterocycles. The minimum atomic E-state index is -3.51. The molecule has 6 nitrogen and oxygen atoms in total.